The van der Waals surface area contributed by atoms with Gasteiger partial charge in [0.2, 0.25) is 0 Å². The van der Waals surface area contributed by atoms with Crippen LogP contribution in [0.5, 0.6) is 0 Å². The van der Waals surface area contributed by atoms with Crippen LogP contribution >= 0.6 is 0 Å². The Morgan fingerprint density at radius 2 is 1.19 bits per heavy atom. The molecule has 0 aromatic carbocycles. The van der Waals surface area contributed by atoms with Crippen LogP contribution in [0.15, 0.2) is 119 Å². The van der Waals surface area contributed by atoms with Crippen LogP contribution in [0.1, 0.15) is 67.2 Å². The minimum Gasteiger partial charge on any atom is -0.506 e. The highest BCUT2D eigenvalue weighted by Crippen LogP contribution is 2.36. The molecule has 5 aliphatic heterocycles. The van der Waals surface area contributed by atoms with Gasteiger partial charge in [-0.3, -0.25) is 0 Å². The summed E-state index contributed by atoms with van der Waals surface area (Å²) in [5.74, 6) is 0.193. The number of hydrogen-bond acceptors (Lipinski definition) is 5. The summed E-state index contributed by atoms with van der Waals surface area (Å²) in [5, 5.41) is 14.0. The number of aliphatic imine (C=N–C) groups is 3. The number of hydrogen-bond donors (Lipinski definition) is 2. The third kappa shape index (κ3) is 3.93. The standard InChI is InChI=1S/C31H34N4O/c1-7-20-17(5)24-13-19-11-12-31(36)30(32-19)14-25-18(6)21(8-2)27(34-25)16-29-23(10-4)22(9-3)28(35-29)15-26(20)33-24/h11-16,32,36H,7-10H2,1-6H3. The molecule has 8 bridgehead atoms. The fourth-order valence-electron chi connectivity index (χ4n) is 5.53. The third-order valence-corrected chi connectivity index (χ3v) is 7.51. The van der Waals surface area contributed by atoms with Gasteiger partial charge in [0.25, 0.3) is 0 Å². The van der Waals surface area contributed by atoms with E-state index >= 15 is 0 Å². The normalized spacial score (nSPS) is 21.3. The van der Waals surface area contributed by atoms with Crippen LogP contribution in [0.4, 0.5) is 0 Å². The molecule has 0 atom stereocenters. The summed E-state index contributed by atoms with van der Waals surface area (Å²) in [4.78, 5) is 15.2. The molecule has 5 heterocycles. The summed E-state index contributed by atoms with van der Waals surface area (Å²) in [7, 11) is 0. The average molecular weight is 479 g/mol. The average Bonchev–Trinajstić information content (AvgIpc) is 3.45. The number of dihydropyridines is 1. The van der Waals surface area contributed by atoms with E-state index in [2.05, 4.69) is 65.1 Å². The van der Waals surface area contributed by atoms with Gasteiger partial charge in [0.05, 0.1) is 39.9 Å². The number of fused-ring (bicyclic) bond motifs is 5. The first-order chi connectivity index (χ1) is 17.4. The fraction of sp³-hybridized carbons (Fsp3) is 0.323. The van der Waals surface area contributed by atoms with Gasteiger partial charge in [0.15, 0.2) is 0 Å². The van der Waals surface area contributed by atoms with Gasteiger partial charge in [0, 0.05) is 5.70 Å². The number of rotatable bonds is 4. The van der Waals surface area contributed by atoms with E-state index in [1.165, 1.54) is 27.9 Å². The summed E-state index contributed by atoms with van der Waals surface area (Å²) in [6, 6.07) is 0. The molecule has 0 saturated carbocycles. The molecule has 184 valence electrons. The SMILES string of the molecule is CCC1=C(C)C2=NC1=CC1=NC(=CC3=NC(=CC4=C(O)C=CC(=C2)N4)C(C)=C3CC)C(CC)=C1CC. The lowest BCUT2D eigenvalue weighted by Gasteiger charge is -2.15. The lowest BCUT2D eigenvalue weighted by Crippen LogP contribution is -2.17. The minimum atomic E-state index is 0.193. The van der Waals surface area contributed by atoms with Crippen molar-refractivity contribution in [1.82, 2.24) is 5.32 Å². The Morgan fingerprint density at radius 3 is 1.86 bits per heavy atom. The van der Waals surface area contributed by atoms with Crippen LogP contribution in [-0.4, -0.2) is 22.2 Å². The van der Waals surface area contributed by atoms with Crippen molar-refractivity contribution in [2.45, 2.75) is 67.2 Å². The van der Waals surface area contributed by atoms with Crippen LogP contribution in [0.3, 0.4) is 0 Å². The molecular weight excluding hydrogens is 444 g/mol. The first kappa shape index (κ1) is 24.0. The zero-order chi connectivity index (χ0) is 25.6. The van der Waals surface area contributed by atoms with E-state index in [1.807, 2.05) is 12.2 Å². The minimum absolute atomic E-state index is 0.193. The topological polar surface area (TPSA) is 69.3 Å². The van der Waals surface area contributed by atoms with Crippen LogP contribution in [0, 0.1) is 0 Å². The van der Waals surface area contributed by atoms with Crippen molar-refractivity contribution in [3.8, 4) is 0 Å². The molecular formula is C31H34N4O. The molecule has 5 heteroatoms. The zero-order valence-corrected chi connectivity index (χ0v) is 22.1. The summed E-state index contributed by atoms with van der Waals surface area (Å²) in [6.45, 7) is 13.0. The van der Waals surface area contributed by atoms with Crippen LogP contribution in [-0.2, 0) is 0 Å². The quantitative estimate of drug-likeness (QED) is 0.442. The van der Waals surface area contributed by atoms with Crippen LogP contribution in [0.2, 0.25) is 0 Å². The predicted molar refractivity (Wildman–Crippen MR) is 150 cm³/mol. The van der Waals surface area contributed by atoms with Gasteiger partial charge >= 0.3 is 0 Å². The number of allylic oxidation sites excluding steroid dienone is 12. The Bertz CT molecular complexity index is 1440. The third-order valence-electron chi connectivity index (χ3n) is 7.51. The van der Waals surface area contributed by atoms with Gasteiger partial charge in [-0.05, 0) is 109 Å². The predicted octanol–water partition coefficient (Wildman–Crippen LogP) is 7.40. The van der Waals surface area contributed by atoms with E-state index in [-0.39, 0.29) is 5.76 Å². The Balaban J connectivity index is 1.79. The summed E-state index contributed by atoms with van der Waals surface area (Å²) < 4.78 is 0. The van der Waals surface area contributed by atoms with Crippen molar-refractivity contribution in [1.29, 1.82) is 0 Å². The maximum absolute atomic E-state index is 10.6. The number of aliphatic hydroxyl groups is 1. The molecule has 0 spiro atoms. The van der Waals surface area contributed by atoms with Crippen molar-refractivity contribution >= 4 is 17.1 Å². The Kier molecular flexibility index (Phi) is 6.25. The van der Waals surface area contributed by atoms with Crippen LogP contribution in [0.25, 0.3) is 0 Å². The first-order valence-corrected chi connectivity index (χ1v) is 13.0. The highest BCUT2D eigenvalue weighted by molar-refractivity contribution is 6.18. The highest BCUT2D eigenvalue weighted by atomic mass is 16.3. The lowest BCUT2D eigenvalue weighted by molar-refractivity contribution is 0.421. The second kappa shape index (κ2) is 9.38. The molecule has 0 amide bonds. The monoisotopic (exact) mass is 478 g/mol. The molecule has 0 saturated heterocycles. The first-order valence-electron chi connectivity index (χ1n) is 13.0. The van der Waals surface area contributed by atoms with Crippen molar-refractivity contribution in [3.63, 3.8) is 0 Å². The highest BCUT2D eigenvalue weighted by Gasteiger charge is 2.26. The van der Waals surface area contributed by atoms with Crippen molar-refractivity contribution in [3.05, 3.63) is 104 Å². The van der Waals surface area contributed by atoms with Gasteiger partial charge in [-0.1, -0.05) is 27.7 Å². The molecule has 5 aliphatic rings. The van der Waals surface area contributed by atoms with E-state index in [0.717, 1.165) is 71.2 Å². The summed E-state index contributed by atoms with van der Waals surface area (Å²) >= 11 is 0. The molecule has 0 unspecified atom stereocenters. The second-order valence-electron chi connectivity index (χ2n) is 9.52. The van der Waals surface area contributed by atoms with Gasteiger partial charge in [0.1, 0.15) is 5.76 Å². The van der Waals surface area contributed by atoms with Gasteiger partial charge in [-0.25, -0.2) is 15.0 Å². The largest absolute Gasteiger partial charge is 0.506 e. The number of aliphatic hydroxyl groups excluding tert-OH is 1. The van der Waals surface area contributed by atoms with E-state index in [4.69, 9.17) is 15.0 Å². The van der Waals surface area contributed by atoms with Crippen molar-refractivity contribution < 1.29 is 5.11 Å². The summed E-state index contributed by atoms with van der Waals surface area (Å²) in [6.07, 6.45) is 15.5. The molecule has 5 rings (SSSR count). The van der Waals surface area contributed by atoms with Gasteiger partial charge in [-0.15, -0.1) is 0 Å². The lowest BCUT2D eigenvalue weighted by atomic mass is 9.96. The molecule has 0 aromatic rings. The van der Waals surface area contributed by atoms with E-state index < -0.39 is 0 Å². The molecule has 0 radical (unpaired) electrons. The van der Waals surface area contributed by atoms with Gasteiger partial charge in [-0.2, -0.15) is 0 Å². The molecule has 5 nitrogen and oxygen atoms in total. The molecule has 0 aromatic heterocycles. The second-order valence-corrected chi connectivity index (χ2v) is 9.52. The number of nitrogens with one attached hydrogen (secondary N) is 1. The smallest absolute Gasteiger partial charge is 0.139 e. The van der Waals surface area contributed by atoms with Gasteiger partial charge < -0.3 is 10.4 Å². The van der Waals surface area contributed by atoms with E-state index in [0.29, 0.717) is 5.70 Å². The number of nitrogens with zero attached hydrogens (tertiary/aromatic N) is 3. The summed E-state index contributed by atoms with van der Waals surface area (Å²) in [5.41, 5.74) is 14.6. The molecule has 0 aliphatic carbocycles. The van der Waals surface area contributed by atoms with Crippen LogP contribution < -0.4 is 5.32 Å². The molecule has 0 fully saturated rings. The molecule has 2 N–H and O–H groups in total. The van der Waals surface area contributed by atoms with E-state index in [1.54, 1.807) is 6.08 Å². The maximum atomic E-state index is 10.6. The Hall–Kier alpha value is -3.73. The zero-order valence-electron chi connectivity index (χ0n) is 22.1. The molecule has 36 heavy (non-hydrogen) atoms. The van der Waals surface area contributed by atoms with Crippen molar-refractivity contribution in [2.24, 2.45) is 15.0 Å². The maximum Gasteiger partial charge on any atom is 0.139 e. The van der Waals surface area contributed by atoms with Crippen molar-refractivity contribution in [2.75, 3.05) is 0 Å². The van der Waals surface area contributed by atoms with E-state index in [9.17, 15) is 5.11 Å². The Morgan fingerprint density at radius 1 is 0.611 bits per heavy atom. The Labute approximate surface area is 213 Å². The fourth-order valence-corrected chi connectivity index (χ4v) is 5.53.